The van der Waals surface area contributed by atoms with Gasteiger partial charge in [0.1, 0.15) is 10.4 Å². The lowest BCUT2D eigenvalue weighted by molar-refractivity contribution is -0.136. The zero-order chi connectivity index (χ0) is 27.7. The minimum Gasteiger partial charge on any atom is -0.385 e. The third-order valence-corrected chi connectivity index (χ3v) is 9.98. The van der Waals surface area contributed by atoms with Gasteiger partial charge in [-0.2, -0.15) is 0 Å². The van der Waals surface area contributed by atoms with Gasteiger partial charge in [0.25, 0.3) is 5.91 Å². The zero-order valence-corrected chi connectivity index (χ0v) is 23.7. The summed E-state index contributed by atoms with van der Waals surface area (Å²) in [4.78, 5) is 41.0. The van der Waals surface area contributed by atoms with Crippen molar-refractivity contribution in [2.45, 2.75) is 74.5 Å². The van der Waals surface area contributed by atoms with Crippen molar-refractivity contribution in [1.29, 1.82) is 0 Å². The average molecular weight is 571 g/mol. The lowest BCUT2D eigenvalue weighted by Gasteiger charge is -2.50. The Morgan fingerprint density at radius 3 is 2.44 bits per heavy atom. The van der Waals surface area contributed by atoms with E-state index < -0.39 is 27.3 Å². The summed E-state index contributed by atoms with van der Waals surface area (Å²) in [6.07, 6.45) is 1.90. The van der Waals surface area contributed by atoms with Crippen molar-refractivity contribution in [3.05, 3.63) is 70.3 Å². The Hall–Kier alpha value is -2.45. The van der Waals surface area contributed by atoms with E-state index in [-0.39, 0.29) is 24.2 Å². The molecule has 4 aliphatic rings. The zero-order valence-electron chi connectivity index (χ0n) is 22.2. The Bertz CT molecular complexity index is 1360. The van der Waals surface area contributed by atoms with Crippen LogP contribution < -0.4 is 5.32 Å². The predicted octanol–water partition coefficient (Wildman–Crippen LogP) is 4.23. The second-order valence-electron chi connectivity index (χ2n) is 12.2. The van der Waals surface area contributed by atoms with Crippen molar-refractivity contribution in [3.63, 3.8) is 0 Å². The summed E-state index contributed by atoms with van der Waals surface area (Å²) in [6.45, 7) is 6.70. The van der Waals surface area contributed by atoms with Crippen LogP contribution in [0, 0.1) is 5.41 Å². The van der Waals surface area contributed by atoms with E-state index in [9.17, 15) is 19.5 Å². The maximum absolute atomic E-state index is 13.1. The van der Waals surface area contributed by atoms with E-state index in [2.05, 4.69) is 48.3 Å². The van der Waals surface area contributed by atoms with Gasteiger partial charge in [-0.05, 0) is 47.6 Å². The molecule has 9 heteroatoms. The second kappa shape index (κ2) is 9.30. The number of amides is 3. The number of piperidine rings is 2. The highest BCUT2D eigenvalue weighted by Crippen LogP contribution is 2.59. The van der Waals surface area contributed by atoms with Gasteiger partial charge in [0.05, 0.1) is 5.60 Å². The standard InChI is InChI=1S/C30H33Cl2N3O4/c1-28(2)17-34(15-18-3-5-19(6-4-18)23-14-30(23,31)32)12-11-29(28,39)21-7-8-22-20(13-21)16-35(27(22)38)24-9-10-25(36)33-26(24)37/h3-8,13,23-24,39H,9-12,14-17H2,1-2H3,(H,33,36,37). The maximum Gasteiger partial charge on any atom is 0.255 e. The van der Waals surface area contributed by atoms with Gasteiger partial charge >= 0.3 is 0 Å². The summed E-state index contributed by atoms with van der Waals surface area (Å²) in [5, 5.41) is 14.4. The first kappa shape index (κ1) is 26.8. The minimum atomic E-state index is -1.07. The molecule has 2 saturated heterocycles. The number of carbonyl (C=O) groups is 3. The van der Waals surface area contributed by atoms with Crippen LogP contribution in [0.3, 0.4) is 0 Å². The Kier molecular flexibility index (Phi) is 6.38. The molecule has 206 valence electrons. The first-order valence-electron chi connectivity index (χ1n) is 13.6. The van der Waals surface area contributed by atoms with Gasteiger partial charge in [-0.25, -0.2) is 0 Å². The molecule has 2 N–H and O–H groups in total. The Balaban J connectivity index is 1.15. The molecule has 3 heterocycles. The SMILES string of the molecule is CC1(C)CN(Cc2ccc(C3CC3(Cl)Cl)cc2)CCC1(O)c1ccc2c(c1)CN(C1CCC(=O)NC1=O)C2=O. The summed E-state index contributed by atoms with van der Waals surface area (Å²) < 4.78 is -0.628. The van der Waals surface area contributed by atoms with E-state index in [1.54, 1.807) is 11.0 Å². The molecule has 3 fully saturated rings. The largest absolute Gasteiger partial charge is 0.385 e. The normalized spacial score (nSPS) is 29.8. The fourth-order valence-corrected chi connectivity index (χ4v) is 7.18. The molecule has 39 heavy (non-hydrogen) atoms. The number of alkyl halides is 2. The fraction of sp³-hybridized carbons (Fsp3) is 0.500. The molecule has 0 aromatic heterocycles. The lowest BCUT2D eigenvalue weighted by Crippen LogP contribution is -2.55. The minimum absolute atomic E-state index is 0.206. The number of halogens is 2. The van der Waals surface area contributed by atoms with Crippen LogP contribution in [0.15, 0.2) is 42.5 Å². The molecule has 3 aliphatic heterocycles. The summed E-state index contributed by atoms with van der Waals surface area (Å²) in [5.74, 6) is -0.726. The molecule has 3 unspecified atom stereocenters. The molecule has 0 bridgehead atoms. The highest BCUT2D eigenvalue weighted by Gasteiger charge is 2.52. The van der Waals surface area contributed by atoms with Gasteiger partial charge in [-0.3, -0.25) is 24.6 Å². The topological polar surface area (TPSA) is 89.9 Å². The van der Waals surface area contributed by atoms with Crippen LogP contribution in [0.2, 0.25) is 0 Å². The molecule has 3 amide bonds. The highest BCUT2D eigenvalue weighted by molar-refractivity contribution is 6.51. The number of hydrogen-bond donors (Lipinski definition) is 2. The lowest BCUT2D eigenvalue weighted by atomic mass is 9.66. The fourth-order valence-electron chi connectivity index (χ4n) is 6.62. The van der Waals surface area contributed by atoms with E-state index in [1.165, 1.54) is 11.1 Å². The van der Waals surface area contributed by atoms with Crippen LogP contribution in [0.4, 0.5) is 0 Å². The molecule has 0 radical (unpaired) electrons. The van der Waals surface area contributed by atoms with E-state index in [0.29, 0.717) is 31.5 Å². The molecule has 1 aliphatic carbocycles. The smallest absolute Gasteiger partial charge is 0.255 e. The summed E-state index contributed by atoms with van der Waals surface area (Å²) in [6, 6.07) is 13.4. The molecule has 0 spiro atoms. The Morgan fingerprint density at radius 2 is 1.79 bits per heavy atom. The first-order chi connectivity index (χ1) is 18.4. The Labute approximate surface area is 238 Å². The van der Waals surface area contributed by atoms with Crippen molar-refractivity contribution >= 4 is 40.9 Å². The van der Waals surface area contributed by atoms with Gasteiger partial charge in [-0.1, -0.05) is 50.2 Å². The van der Waals surface area contributed by atoms with Crippen LogP contribution in [0.5, 0.6) is 0 Å². The molecule has 2 aromatic carbocycles. The third-order valence-electron chi connectivity index (χ3n) is 9.14. The number of likely N-dealkylation sites (tertiary alicyclic amines) is 1. The number of fused-ring (bicyclic) bond motifs is 1. The number of aliphatic hydroxyl groups is 1. The maximum atomic E-state index is 13.1. The highest BCUT2D eigenvalue weighted by atomic mass is 35.5. The Morgan fingerprint density at radius 1 is 1.08 bits per heavy atom. The van der Waals surface area contributed by atoms with Gasteiger partial charge in [0.2, 0.25) is 11.8 Å². The predicted molar refractivity (Wildman–Crippen MR) is 148 cm³/mol. The number of carbonyl (C=O) groups excluding carboxylic acids is 3. The van der Waals surface area contributed by atoms with Crippen LogP contribution in [-0.2, 0) is 28.3 Å². The van der Waals surface area contributed by atoms with Crippen molar-refractivity contribution in [2.75, 3.05) is 13.1 Å². The summed E-state index contributed by atoms with van der Waals surface area (Å²) in [5.41, 5.74) is 3.02. The average Bonchev–Trinajstić information content (AvgIpc) is 3.40. The first-order valence-corrected chi connectivity index (χ1v) is 14.3. The van der Waals surface area contributed by atoms with Gasteiger partial charge < -0.3 is 10.0 Å². The number of benzene rings is 2. The summed E-state index contributed by atoms with van der Waals surface area (Å²) >= 11 is 12.4. The van der Waals surface area contributed by atoms with E-state index in [1.807, 2.05) is 12.1 Å². The molecular weight excluding hydrogens is 537 g/mol. The third kappa shape index (κ3) is 4.67. The number of imide groups is 1. The van der Waals surface area contributed by atoms with Crippen LogP contribution in [-0.4, -0.2) is 56.1 Å². The van der Waals surface area contributed by atoms with Gasteiger partial charge in [-0.15, -0.1) is 23.2 Å². The molecule has 2 aromatic rings. The molecule has 7 nitrogen and oxygen atoms in total. The number of rotatable bonds is 5. The monoisotopic (exact) mass is 569 g/mol. The molecule has 6 rings (SSSR count). The van der Waals surface area contributed by atoms with E-state index in [0.717, 1.165) is 30.6 Å². The number of hydrogen-bond acceptors (Lipinski definition) is 5. The van der Waals surface area contributed by atoms with E-state index in [4.69, 9.17) is 23.2 Å². The van der Waals surface area contributed by atoms with Crippen LogP contribution in [0.1, 0.15) is 78.1 Å². The van der Waals surface area contributed by atoms with E-state index >= 15 is 0 Å². The van der Waals surface area contributed by atoms with Gasteiger partial charge in [0, 0.05) is 49.5 Å². The molecule has 3 atom stereocenters. The molecular formula is C30H33Cl2N3O4. The quantitative estimate of drug-likeness (QED) is 0.415. The molecule has 1 saturated carbocycles. The van der Waals surface area contributed by atoms with Crippen LogP contribution in [0.25, 0.3) is 0 Å². The second-order valence-corrected chi connectivity index (χ2v) is 13.8. The van der Waals surface area contributed by atoms with Gasteiger partial charge in [0.15, 0.2) is 0 Å². The number of nitrogens with one attached hydrogen (secondary N) is 1. The summed E-state index contributed by atoms with van der Waals surface area (Å²) in [7, 11) is 0. The van der Waals surface area contributed by atoms with Crippen LogP contribution >= 0.6 is 23.2 Å². The van der Waals surface area contributed by atoms with Crippen molar-refractivity contribution in [3.8, 4) is 0 Å². The van der Waals surface area contributed by atoms with Crippen molar-refractivity contribution < 1.29 is 19.5 Å². The van der Waals surface area contributed by atoms with Crippen molar-refractivity contribution in [2.24, 2.45) is 5.41 Å². The van der Waals surface area contributed by atoms with Crippen molar-refractivity contribution in [1.82, 2.24) is 15.1 Å². The number of nitrogens with zero attached hydrogens (tertiary/aromatic N) is 2.